The summed E-state index contributed by atoms with van der Waals surface area (Å²) in [6, 6.07) is 26.0. The van der Waals surface area contributed by atoms with Gasteiger partial charge in [0.05, 0.1) is 21.7 Å². The molecule has 34 heavy (non-hydrogen) atoms. The number of hydrogen-bond donors (Lipinski definition) is 2. The quantitative estimate of drug-likeness (QED) is 0.297. The van der Waals surface area contributed by atoms with Gasteiger partial charge >= 0.3 is 5.97 Å². The van der Waals surface area contributed by atoms with Crippen LogP contribution in [-0.4, -0.2) is 22.0 Å². The summed E-state index contributed by atoms with van der Waals surface area (Å²) in [4.78, 5) is 29.0. The Bertz CT molecular complexity index is 1540. The van der Waals surface area contributed by atoms with Crippen molar-refractivity contribution in [2.24, 2.45) is 0 Å². The molecule has 6 nitrogen and oxygen atoms in total. The zero-order valence-corrected chi connectivity index (χ0v) is 18.4. The molecule has 0 saturated heterocycles. The molecule has 7 heteroatoms. The smallest absolute Gasteiger partial charge is 0.335 e. The molecular formula is C27H17ClN2O4. The summed E-state index contributed by atoms with van der Waals surface area (Å²) >= 11 is 6.30. The lowest BCUT2D eigenvalue weighted by Crippen LogP contribution is -2.13. The maximum Gasteiger partial charge on any atom is 0.335 e. The molecule has 0 aliphatic rings. The summed E-state index contributed by atoms with van der Waals surface area (Å²) in [6.45, 7) is 0. The van der Waals surface area contributed by atoms with Crippen molar-refractivity contribution in [1.29, 1.82) is 0 Å². The highest BCUT2D eigenvalue weighted by molar-refractivity contribution is 6.33. The van der Waals surface area contributed by atoms with Gasteiger partial charge in [-0.05, 0) is 60.7 Å². The first-order valence-electron chi connectivity index (χ1n) is 10.4. The molecule has 5 rings (SSSR count). The van der Waals surface area contributed by atoms with E-state index in [1.165, 1.54) is 12.1 Å². The van der Waals surface area contributed by atoms with E-state index in [-0.39, 0.29) is 11.5 Å². The van der Waals surface area contributed by atoms with Gasteiger partial charge in [0, 0.05) is 16.6 Å². The maximum absolute atomic E-state index is 13.2. The van der Waals surface area contributed by atoms with Crippen LogP contribution in [-0.2, 0) is 0 Å². The summed E-state index contributed by atoms with van der Waals surface area (Å²) < 4.78 is 6.04. The number of para-hydroxylation sites is 1. The lowest BCUT2D eigenvalue weighted by Gasteiger charge is -2.10. The van der Waals surface area contributed by atoms with E-state index in [1.54, 1.807) is 30.3 Å². The van der Waals surface area contributed by atoms with E-state index < -0.39 is 5.97 Å². The van der Waals surface area contributed by atoms with Crippen molar-refractivity contribution in [3.05, 3.63) is 107 Å². The molecule has 0 aliphatic carbocycles. The molecule has 5 aromatic rings. The van der Waals surface area contributed by atoms with Crippen LogP contribution in [0.15, 0.2) is 95.4 Å². The van der Waals surface area contributed by atoms with Crippen LogP contribution in [0.5, 0.6) is 0 Å². The number of benzene rings is 3. The first-order valence-corrected chi connectivity index (χ1v) is 10.8. The number of carbonyl (C=O) groups excluding carboxylic acids is 1. The molecule has 3 aromatic carbocycles. The molecule has 2 N–H and O–H groups in total. The third-order valence-corrected chi connectivity index (χ3v) is 5.68. The molecule has 0 unspecified atom stereocenters. The number of carboxylic acid groups (broad SMARTS) is 1. The molecule has 0 radical (unpaired) electrons. The van der Waals surface area contributed by atoms with E-state index >= 15 is 0 Å². The zero-order chi connectivity index (χ0) is 23.7. The van der Waals surface area contributed by atoms with Crippen LogP contribution in [0.25, 0.3) is 33.7 Å². The number of rotatable bonds is 5. The van der Waals surface area contributed by atoms with Crippen LogP contribution < -0.4 is 5.32 Å². The molecule has 0 aliphatic heterocycles. The number of aromatic nitrogens is 1. The number of hydrogen-bond acceptors (Lipinski definition) is 4. The third kappa shape index (κ3) is 4.14. The fourth-order valence-corrected chi connectivity index (χ4v) is 3.89. The van der Waals surface area contributed by atoms with Gasteiger partial charge in [0.25, 0.3) is 5.91 Å². The van der Waals surface area contributed by atoms with E-state index in [4.69, 9.17) is 21.1 Å². The molecule has 2 aromatic heterocycles. The Morgan fingerprint density at radius 1 is 0.853 bits per heavy atom. The van der Waals surface area contributed by atoms with Crippen molar-refractivity contribution < 1.29 is 19.1 Å². The number of furan rings is 1. The molecule has 0 fully saturated rings. The minimum atomic E-state index is -1.03. The average molecular weight is 469 g/mol. The first kappa shape index (κ1) is 21.4. The normalized spacial score (nSPS) is 10.9. The molecule has 0 bridgehead atoms. The molecular weight excluding hydrogens is 452 g/mol. The number of halogens is 1. The van der Waals surface area contributed by atoms with E-state index in [0.29, 0.717) is 44.4 Å². The summed E-state index contributed by atoms with van der Waals surface area (Å²) in [7, 11) is 0. The highest BCUT2D eigenvalue weighted by atomic mass is 35.5. The lowest BCUT2D eigenvalue weighted by atomic mass is 10.1. The van der Waals surface area contributed by atoms with Crippen LogP contribution in [0.1, 0.15) is 20.7 Å². The number of aromatic carboxylic acids is 1. The maximum atomic E-state index is 13.2. The van der Waals surface area contributed by atoms with Gasteiger partial charge in [-0.3, -0.25) is 4.79 Å². The molecule has 2 heterocycles. The summed E-state index contributed by atoms with van der Waals surface area (Å²) in [5.74, 6) is -0.279. The van der Waals surface area contributed by atoms with Gasteiger partial charge in [-0.1, -0.05) is 41.9 Å². The van der Waals surface area contributed by atoms with Gasteiger partial charge in [-0.25, -0.2) is 9.78 Å². The molecule has 0 saturated carbocycles. The third-order valence-electron chi connectivity index (χ3n) is 5.35. The fourth-order valence-electron chi connectivity index (χ4n) is 3.67. The predicted molar refractivity (Wildman–Crippen MR) is 131 cm³/mol. The molecule has 1 amide bonds. The summed E-state index contributed by atoms with van der Waals surface area (Å²) in [5.41, 5.74) is 2.95. The minimum Gasteiger partial charge on any atom is -0.478 e. The van der Waals surface area contributed by atoms with Gasteiger partial charge in [0.15, 0.2) is 5.76 Å². The van der Waals surface area contributed by atoms with Crippen LogP contribution in [0.4, 0.5) is 5.69 Å². The Morgan fingerprint density at radius 3 is 2.32 bits per heavy atom. The standard InChI is InChI=1S/C27H17ClN2O4/c28-21-7-3-1-6-19(21)24-13-14-25(34-24)23-15-20(18-5-2-4-8-22(18)30-23)26(31)29-17-11-9-16(10-12-17)27(32)33/h1-15H,(H,29,31)(H,32,33). The number of carboxylic acids is 1. The topological polar surface area (TPSA) is 92.4 Å². The van der Waals surface area contributed by atoms with Crippen molar-refractivity contribution in [3.8, 4) is 22.8 Å². The molecule has 0 atom stereocenters. The minimum absolute atomic E-state index is 0.141. The van der Waals surface area contributed by atoms with Crippen molar-refractivity contribution in [2.45, 2.75) is 0 Å². The number of carbonyl (C=O) groups is 2. The summed E-state index contributed by atoms with van der Waals surface area (Å²) in [5, 5.41) is 13.2. The number of anilines is 1. The second-order valence-corrected chi connectivity index (χ2v) is 7.96. The van der Waals surface area contributed by atoms with E-state index in [1.807, 2.05) is 48.5 Å². The molecule has 166 valence electrons. The van der Waals surface area contributed by atoms with Crippen LogP contribution >= 0.6 is 11.6 Å². The fraction of sp³-hybridized carbons (Fsp3) is 0. The average Bonchev–Trinajstić information content (AvgIpc) is 3.34. The van der Waals surface area contributed by atoms with Gasteiger partial charge in [-0.2, -0.15) is 0 Å². The van der Waals surface area contributed by atoms with Crippen molar-refractivity contribution >= 4 is 40.1 Å². The van der Waals surface area contributed by atoms with Gasteiger partial charge in [0.1, 0.15) is 11.5 Å². The number of nitrogens with one attached hydrogen (secondary N) is 1. The van der Waals surface area contributed by atoms with Crippen LogP contribution in [0, 0.1) is 0 Å². The Balaban J connectivity index is 1.53. The number of pyridine rings is 1. The van der Waals surface area contributed by atoms with E-state index in [9.17, 15) is 9.59 Å². The predicted octanol–water partition coefficient (Wildman–Crippen LogP) is 6.77. The monoisotopic (exact) mass is 468 g/mol. The Hall–Kier alpha value is -4.42. The zero-order valence-electron chi connectivity index (χ0n) is 17.7. The second-order valence-electron chi connectivity index (χ2n) is 7.55. The summed E-state index contributed by atoms with van der Waals surface area (Å²) in [6.07, 6.45) is 0. The van der Waals surface area contributed by atoms with Crippen molar-refractivity contribution in [1.82, 2.24) is 4.98 Å². The SMILES string of the molecule is O=C(O)c1ccc(NC(=O)c2cc(-c3ccc(-c4ccccc4Cl)o3)nc3ccccc23)cc1. The first-order chi connectivity index (χ1) is 16.5. The van der Waals surface area contributed by atoms with Crippen molar-refractivity contribution in [2.75, 3.05) is 5.32 Å². The number of amides is 1. The van der Waals surface area contributed by atoms with E-state index in [2.05, 4.69) is 10.3 Å². The lowest BCUT2D eigenvalue weighted by molar-refractivity contribution is 0.0696. The van der Waals surface area contributed by atoms with E-state index in [0.717, 1.165) is 5.56 Å². The highest BCUT2D eigenvalue weighted by Crippen LogP contribution is 2.33. The molecule has 0 spiro atoms. The van der Waals surface area contributed by atoms with Gasteiger partial charge in [-0.15, -0.1) is 0 Å². The Morgan fingerprint density at radius 2 is 1.56 bits per heavy atom. The Labute approximate surface area is 199 Å². The number of nitrogens with zero attached hydrogens (tertiary/aromatic N) is 1. The van der Waals surface area contributed by atoms with Crippen molar-refractivity contribution in [3.63, 3.8) is 0 Å². The van der Waals surface area contributed by atoms with Crippen LogP contribution in [0.2, 0.25) is 5.02 Å². The number of fused-ring (bicyclic) bond motifs is 1. The Kier molecular flexibility index (Phi) is 5.57. The largest absolute Gasteiger partial charge is 0.478 e. The second kappa shape index (κ2) is 8.84. The van der Waals surface area contributed by atoms with Gasteiger partial charge in [0.2, 0.25) is 0 Å². The van der Waals surface area contributed by atoms with Crippen LogP contribution in [0.3, 0.4) is 0 Å². The highest BCUT2D eigenvalue weighted by Gasteiger charge is 2.17. The van der Waals surface area contributed by atoms with Gasteiger partial charge < -0.3 is 14.8 Å².